The molecule has 3 aromatic rings. The number of rotatable bonds is 5. The predicted molar refractivity (Wildman–Crippen MR) is 98.6 cm³/mol. The van der Waals surface area contributed by atoms with E-state index in [9.17, 15) is 9.59 Å². The number of benzene rings is 2. The molecule has 0 radical (unpaired) electrons. The number of ether oxygens (including phenoxy) is 1. The van der Waals surface area contributed by atoms with Crippen LogP contribution in [0.3, 0.4) is 0 Å². The summed E-state index contributed by atoms with van der Waals surface area (Å²) in [5.74, 6) is -0.998. The van der Waals surface area contributed by atoms with E-state index in [4.69, 9.17) is 4.74 Å². The molecule has 1 amide bonds. The summed E-state index contributed by atoms with van der Waals surface area (Å²) in [4.78, 5) is 24.8. The highest BCUT2D eigenvalue weighted by Gasteiger charge is 2.20. The average molecular weight is 365 g/mol. The van der Waals surface area contributed by atoms with Crippen molar-refractivity contribution in [2.75, 3.05) is 5.32 Å². The molecule has 0 fully saturated rings. The molecule has 1 unspecified atom stereocenters. The van der Waals surface area contributed by atoms with Gasteiger partial charge in [0.2, 0.25) is 0 Å². The SMILES string of the molecule is Cc1ccc(C)c(NC(=O)C(C)OC(=O)c2cccc(-n3cnnn3)c2)c1. The third-order valence-electron chi connectivity index (χ3n) is 4.00. The van der Waals surface area contributed by atoms with Gasteiger partial charge in [0.1, 0.15) is 6.33 Å². The van der Waals surface area contributed by atoms with Crippen molar-refractivity contribution in [3.8, 4) is 5.69 Å². The highest BCUT2D eigenvalue weighted by atomic mass is 16.5. The van der Waals surface area contributed by atoms with E-state index in [-0.39, 0.29) is 0 Å². The van der Waals surface area contributed by atoms with Gasteiger partial charge in [-0.1, -0.05) is 18.2 Å². The van der Waals surface area contributed by atoms with Crippen LogP contribution >= 0.6 is 0 Å². The zero-order valence-electron chi connectivity index (χ0n) is 15.2. The second-order valence-corrected chi connectivity index (χ2v) is 6.16. The van der Waals surface area contributed by atoms with E-state index < -0.39 is 18.0 Å². The molecule has 2 aromatic carbocycles. The van der Waals surface area contributed by atoms with Crippen molar-refractivity contribution in [3.63, 3.8) is 0 Å². The maximum Gasteiger partial charge on any atom is 0.338 e. The van der Waals surface area contributed by atoms with Crippen molar-refractivity contribution >= 4 is 17.6 Å². The molecular formula is C19H19N5O3. The van der Waals surface area contributed by atoms with Crippen LogP contribution in [-0.4, -0.2) is 38.2 Å². The summed E-state index contributed by atoms with van der Waals surface area (Å²) in [5.41, 5.74) is 3.57. The van der Waals surface area contributed by atoms with Crippen molar-refractivity contribution in [1.82, 2.24) is 20.2 Å². The van der Waals surface area contributed by atoms with Crippen molar-refractivity contribution in [2.45, 2.75) is 26.9 Å². The van der Waals surface area contributed by atoms with E-state index in [2.05, 4.69) is 20.8 Å². The van der Waals surface area contributed by atoms with Crippen LogP contribution in [-0.2, 0) is 9.53 Å². The van der Waals surface area contributed by atoms with E-state index in [0.717, 1.165) is 11.1 Å². The molecule has 1 aromatic heterocycles. The second kappa shape index (κ2) is 7.77. The van der Waals surface area contributed by atoms with Crippen LogP contribution in [0.1, 0.15) is 28.4 Å². The summed E-state index contributed by atoms with van der Waals surface area (Å²) in [7, 11) is 0. The van der Waals surface area contributed by atoms with Crippen molar-refractivity contribution in [1.29, 1.82) is 0 Å². The van der Waals surface area contributed by atoms with E-state index in [1.54, 1.807) is 24.3 Å². The van der Waals surface area contributed by atoms with Crippen LogP contribution in [0.2, 0.25) is 0 Å². The van der Waals surface area contributed by atoms with Gasteiger partial charge < -0.3 is 10.1 Å². The monoisotopic (exact) mass is 365 g/mol. The number of amides is 1. The number of carbonyl (C=O) groups excluding carboxylic acids is 2. The summed E-state index contributed by atoms with van der Waals surface area (Å²) in [6.07, 6.45) is 0.471. The third-order valence-corrected chi connectivity index (χ3v) is 4.00. The number of aryl methyl sites for hydroxylation is 2. The maximum atomic E-state index is 12.4. The van der Waals surface area contributed by atoms with E-state index in [0.29, 0.717) is 16.9 Å². The first-order valence-corrected chi connectivity index (χ1v) is 8.36. The normalized spacial score (nSPS) is 11.7. The highest BCUT2D eigenvalue weighted by molar-refractivity contribution is 5.98. The molecule has 27 heavy (non-hydrogen) atoms. The van der Waals surface area contributed by atoms with Crippen LogP contribution in [0.25, 0.3) is 5.69 Å². The number of nitrogens with zero attached hydrogens (tertiary/aromatic N) is 4. The molecule has 3 rings (SSSR count). The number of carbonyl (C=O) groups is 2. The Kier molecular flexibility index (Phi) is 5.25. The first-order chi connectivity index (χ1) is 12.9. The Morgan fingerprint density at radius 3 is 2.70 bits per heavy atom. The minimum Gasteiger partial charge on any atom is -0.449 e. The molecule has 8 heteroatoms. The quantitative estimate of drug-likeness (QED) is 0.697. The summed E-state index contributed by atoms with van der Waals surface area (Å²) in [5, 5.41) is 13.7. The Morgan fingerprint density at radius 1 is 1.15 bits per heavy atom. The molecule has 138 valence electrons. The minimum atomic E-state index is -0.950. The topological polar surface area (TPSA) is 99.0 Å². The van der Waals surface area contributed by atoms with E-state index >= 15 is 0 Å². The van der Waals surface area contributed by atoms with E-state index in [1.807, 2.05) is 32.0 Å². The standard InChI is InChI=1S/C19H19N5O3/c1-12-7-8-13(2)17(9-12)21-18(25)14(3)27-19(26)15-5-4-6-16(10-15)24-11-20-22-23-24/h4-11,14H,1-3H3,(H,21,25). The molecule has 0 bridgehead atoms. The fraction of sp³-hybridized carbons (Fsp3) is 0.211. The van der Waals surface area contributed by atoms with Crippen molar-refractivity contribution in [2.24, 2.45) is 0 Å². The molecule has 0 aliphatic heterocycles. The number of esters is 1. The average Bonchev–Trinajstić information content (AvgIpc) is 3.19. The Morgan fingerprint density at radius 2 is 1.96 bits per heavy atom. The molecule has 0 aliphatic carbocycles. The lowest BCUT2D eigenvalue weighted by Gasteiger charge is -2.15. The number of anilines is 1. The van der Waals surface area contributed by atoms with Gasteiger partial charge in [-0.2, -0.15) is 0 Å². The van der Waals surface area contributed by atoms with Gasteiger partial charge in [0, 0.05) is 5.69 Å². The molecule has 0 saturated heterocycles. The van der Waals surface area contributed by atoms with Gasteiger partial charge in [-0.3, -0.25) is 4.79 Å². The second-order valence-electron chi connectivity index (χ2n) is 6.16. The smallest absolute Gasteiger partial charge is 0.338 e. The van der Waals surface area contributed by atoms with E-state index in [1.165, 1.54) is 17.9 Å². The molecule has 0 saturated carbocycles. The lowest BCUT2D eigenvalue weighted by Crippen LogP contribution is -2.30. The number of tetrazole rings is 1. The van der Waals surface area contributed by atoms with Gasteiger partial charge in [-0.15, -0.1) is 5.10 Å². The van der Waals surface area contributed by atoms with Gasteiger partial charge in [0.25, 0.3) is 5.91 Å². The summed E-state index contributed by atoms with van der Waals surface area (Å²) >= 11 is 0. The van der Waals surface area contributed by atoms with Crippen LogP contribution in [0.5, 0.6) is 0 Å². The molecule has 0 aliphatic rings. The predicted octanol–water partition coefficient (Wildman–Crippen LogP) is 2.46. The largest absolute Gasteiger partial charge is 0.449 e. The lowest BCUT2D eigenvalue weighted by atomic mass is 10.1. The number of nitrogens with one attached hydrogen (secondary N) is 1. The summed E-state index contributed by atoms with van der Waals surface area (Å²) in [6, 6.07) is 12.4. The minimum absolute atomic E-state index is 0.300. The third kappa shape index (κ3) is 4.35. The van der Waals surface area contributed by atoms with Gasteiger partial charge >= 0.3 is 5.97 Å². The lowest BCUT2D eigenvalue weighted by molar-refractivity contribution is -0.123. The van der Waals surface area contributed by atoms with Crippen molar-refractivity contribution < 1.29 is 14.3 Å². The van der Waals surface area contributed by atoms with Crippen LogP contribution in [0, 0.1) is 13.8 Å². The van der Waals surface area contributed by atoms with Crippen LogP contribution in [0.15, 0.2) is 48.8 Å². The highest BCUT2D eigenvalue weighted by Crippen LogP contribution is 2.17. The van der Waals surface area contributed by atoms with Crippen LogP contribution < -0.4 is 5.32 Å². The van der Waals surface area contributed by atoms with Gasteiger partial charge in [-0.05, 0) is 66.6 Å². The molecule has 0 spiro atoms. The van der Waals surface area contributed by atoms with Crippen LogP contribution in [0.4, 0.5) is 5.69 Å². The molecule has 1 atom stereocenters. The number of aromatic nitrogens is 4. The Bertz CT molecular complexity index is 969. The van der Waals surface area contributed by atoms with Gasteiger partial charge in [0.05, 0.1) is 11.3 Å². The fourth-order valence-corrected chi connectivity index (χ4v) is 2.44. The van der Waals surface area contributed by atoms with Gasteiger partial charge in [0.15, 0.2) is 6.10 Å². The Hall–Kier alpha value is -3.55. The molecular weight excluding hydrogens is 346 g/mol. The first-order valence-electron chi connectivity index (χ1n) is 8.36. The Labute approximate surface area is 156 Å². The number of hydrogen-bond acceptors (Lipinski definition) is 6. The summed E-state index contributed by atoms with van der Waals surface area (Å²) < 4.78 is 6.73. The fourth-order valence-electron chi connectivity index (χ4n) is 2.44. The zero-order valence-corrected chi connectivity index (χ0v) is 15.2. The maximum absolute atomic E-state index is 12.4. The van der Waals surface area contributed by atoms with Crippen molar-refractivity contribution in [3.05, 3.63) is 65.5 Å². The summed E-state index contributed by atoms with van der Waals surface area (Å²) in [6.45, 7) is 5.37. The molecule has 8 nitrogen and oxygen atoms in total. The van der Waals surface area contributed by atoms with Gasteiger partial charge in [-0.25, -0.2) is 9.48 Å². The Balaban J connectivity index is 1.67. The molecule has 1 heterocycles. The first kappa shape index (κ1) is 18.2. The number of hydrogen-bond donors (Lipinski definition) is 1. The molecule has 1 N–H and O–H groups in total. The zero-order chi connectivity index (χ0) is 19.4.